The van der Waals surface area contributed by atoms with Crippen LogP contribution in [-0.2, 0) is 4.79 Å². The number of carboxylic acids is 1. The van der Waals surface area contributed by atoms with Crippen molar-refractivity contribution in [3.63, 3.8) is 0 Å². The van der Waals surface area contributed by atoms with Gasteiger partial charge < -0.3 is 15.7 Å². The SMILES string of the molecule is CCN(CC(=O)O)C1CC(NC(=O)Nc2cc(Cl)ccc2C)C1. The van der Waals surface area contributed by atoms with Gasteiger partial charge in [-0.05, 0) is 44.0 Å². The number of urea groups is 1. The number of anilines is 1. The molecular weight excluding hydrogens is 318 g/mol. The highest BCUT2D eigenvalue weighted by Crippen LogP contribution is 2.26. The zero-order valence-electron chi connectivity index (χ0n) is 13.3. The highest BCUT2D eigenvalue weighted by Gasteiger charge is 2.34. The van der Waals surface area contributed by atoms with Crippen LogP contribution in [0.15, 0.2) is 18.2 Å². The smallest absolute Gasteiger partial charge is 0.319 e. The number of benzene rings is 1. The minimum absolute atomic E-state index is 0.0434. The van der Waals surface area contributed by atoms with E-state index in [9.17, 15) is 9.59 Å². The molecule has 0 saturated heterocycles. The zero-order valence-corrected chi connectivity index (χ0v) is 14.1. The molecule has 23 heavy (non-hydrogen) atoms. The number of nitrogens with one attached hydrogen (secondary N) is 2. The van der Waals surface area contributed by atoms with Crippen LogP contribution < -0.4 is 10.6 Å². The van der Waals surface area contributed by atoms with Crippen LogP contribution in [0.5, 0.6) is 0 Å². The summed E-state index contributed by atoms with van der Waals surface area (Å²) in [5.74, 6) is -0.822. The molecule has 0 spiro atoms. The maximum absolute atomic E-state index is 12.0. The average Bonchev–Trinajstić information content (AvgIpc) is 2.44. The van der Waals surface area contributed by atoms with E-state index in [1.165, 1.54) is 0 Å². The van der Waals surface area contributed by atoms with E-state index in [1.54, 1.807) is 12.1 Å². The lowest BCUT2D eigenvalue weighted by Gasteiger charge is -2.42. The quantitative estimate of drug-likeness (QED) is 0.744. The summed E-state index contributed by atoms with van der Waals surface area (Å²) in [7, 11) is 0. The normalized spacial score (nSPS) is 20.0. The van der Waals surface area contributed by atoms with E-state index in [1.807, 2.05) is 24.8 Å². The van der Waals surface area contributed by atoms with Gasteiger partial charge in [0.2, 0.25) is 0 Å². The Hall–Kier alpha value is -1.79. The van der Waals surface area contributed by atoms with E-state index < -0.39 is 5.97 Å². The van der Waals surface area contributed by atoms with Crippen LogP contribution in [-0.4, -0.2) is 47.2 Å². The molecule has 0 aromatic heterocycles. The lowest BCUT2D eigenvalue weighted by Crippen LogP contribution is -2.55. The highest BCUT2D eigenvalue weighted by atomic mass is 35.5. The van der Waals surface area contributed by atoms with Gasteiger partial charge in [0.1, 0.15) is 0 Å². The van der Waals surface area contributed by atoms with Gasteiger partial charge in [0.05, 0.1) is 6.54 Å². The van der Waals surface area contributed by atoms with Gasteiger partial charge in [-0.3, -0.25) is 9.69 Å². The van der Waals surface area contributed by atoms with Crippen LogP contribution >= 0.6 is 11.6 Å². The van der Waals surface area contributed by atoms with Crippen molar-refractivity contribution in [3.8, 4) is 0 Å². The van der Waals surface area contributed by atoms with Crippen LogP contribution in [0.1, 0.15) is 25.3 Å². The number of aliphatic carboxylic acids is 1. The second-order valence-corrected chi connectivity index (χ2v) is 6.27. The van der Waals surface area contributed by atoms with Crippen molar-refractivity contribution < 1.29 is 14.7 Å². The maximum atomic E-state index is 12.0. The van der Waals surface area contributed by atoms with E-state index in [2.05, 4.69) is 10.6 Å². The third-order valence-electron chi connectivity index (χ3n) is 4.16. The van der Waals surface area contributed by atoms with Crippen molar-refractivity contribution in [3.05, 3.63) is 28.8 Å². The zero-order chi connectivity index (χ0) is 17.0. The van der Waals surface area contributed by atoms with Gasteiger partial charge in [-0.25, -0.2) is 4.79 Å². The van der Waals surface area contributed by atoms with Crippen LogP contribution in [0.25, 0.3) is 0 Å². The minimum atomic E-state index is -0.822. The molecule has 3 N–H and O–H groups in total. The van der Waals surface area contributed by atoms with Gasteiger partial charge in [-0.15, -0.1) is 0 Å². The van der Waals surface area contributed by atoms with Crippen LogP contribution in [0.3, 0.4) is 0 Å². The topological polar surface area (TPSA) is 81.7 Å². The number of rotatable bonds is 6. The summed E-state index contributed by atoms with van der Waals surface area (Å²) in [6, 6.07) is 5.36. The molecule has 126 valence electrons. The summed E-state index contributed by atoms with van der Waals surface area (Å²) >= 11 is 5.93. The number of halogens is 1. The Balaban J connectivity index is 1.80. The molecule has 0 atom stereocenters. The number of hydrogen-bond acceptors (Lipinski definition) is 3. The molecule has 6 nitrogen and oxygen atoms in total. The van der Waals surface area contributed by atoms with E-state index in [4.69, 9.17) is 16.7 Å². The van der Waals surface area contributed by atoms with Crippen molar-refractivity contribution >= 4 is 29.3 Å². The van der Waals surface area contributed by atoms with Crippen molar-refractivity contribution in [1.82, 2.24) is 10.2 Å². The number of aryl methyl sites for hydroxylation is 1. The fourth-order valence-corrected chi connectivity index (χ4v) is 2.92. The molecule has 0 aliphatic heterocycles. The highest BCUT2D eigenvalue weighted by molar-refractivity contribution is 6.31. The van der Waals surface area contributed by atoms with Gasteiger partial charge in [0.15, 0.2) is 0 Å². The monoisotopic (exact) mass is 339 g/mol. The third kappa shape index (κ3) is 4.84. The number of carbonyl (C=O) groups is 2. The molecule has 0 unspecified atom stereocenters. The predicted octanol–water partition coefficient (Wildman–Crippen LogP) is 2.71. The van der Waals surface area contributed by atoms with E-state index in [0.717, 1.165) is 18.4 Å². The molecule has 0 heterocycles. The lowest BCUT2D eigenvalue weighted by atomic mass is 9.85. The first-order valence-corrected chi connectivity index (χ1v) is 8.06. The van der Waals surface area contributed by atoms with Crippen molar-refractivity contribution in [1.29, 1.82) is 0 Å². The standard InChI is InChI=1S/C16H22ClN3O3/c1-3-20(9-15(21)22)13-7-12(8-13)18-16(23)19-14-6-11(17)5-4-10(14)2/h4-6,12-13H,3,7-9H2,1-2H3,(H,21,22)(H2,18,19,23). The molecule has 1 saturated carbocycles. The third-order valence-corrected chi connectivity index (χ3v) is 4.39. The lowest BCUT2D eigenvalue weighted by molar-refractivity contribution is -0.139. The molecule has 1 aliphatic carbocycles. The van der Waals surface area contributed by atoms with Gasteiger partial charge in [-0.1, -0.05) is 24.6 Å². The Labute approximate surface area is 140 Å². The molecule has 7 heteroatoms. The van der Waals surface area contributed by atoms with Crippen molar-refractivity contribution in [2.45, 2.75) is 38.8 Å². The first-order valence-electron chi connectivity index (χ1n) is 7.68. The Morgan fingerprint density at radius 3 is 2.70 bits per heavy atom. The van der Waals surface area contributed by atoms with E-state index in [0.29, 0.717) is 17.3 Å². The number of carboxylic acid groups (broad SMARTS) is 1. The van der Waals surface area contributed by atoms with Crippen molar-refractivity contribution in [2.75, 3.05) is 18.4 Å². The molecule has 1 fully saturated rings. The Bertz CT molecular complexity index is 588. The van der Waals surface area contributed by atoms with Gasteiger partial charge in [-0.2, -0.15) is 0 Å². The van der Waals surface area contributed by atoms with E-state index in [-0.39, 0.29) is 24.7 Å². The average molecular weight is 340 g/mol. The maximum Gasteiger partial charge on any atom is 0.319 e. The number of amides is 2. The van der Waals surface area contributed by atoms with Gasteiger partial charge in [0, 0.05) is 22.8 Å². The minimum Gasteiger partial charge on any atom is -0.480 e. The number of likely N-dealkylation sites (N-methyl/N-ethyl adjacent to an activating group) is 1. The fraction of sp³-hybridized carbons (Fsp3) is 0.500. The van der Waals surface area contributed by atoms with Crippen LogP contribution in [0.4, 0.5) is 10.5 Å². The molecule has 0 bridgehead atoms. The second kappa shape index (κ2) is 7.66. The van der Waals surface area contributed by atoms with E-state index >= 15 is 0 Å². The van der Waals surface area contributed by atoms with Gasteiger partial charge >= 0.3 is 12.0 Å². The molecule has 1 aliphatic rings. The summed E-state index contributed by atoms with van der Waals surface area (Å²) in [5.41, 5.74) is 1.63. The summed E-state index contributed by atoms with van der Waals surface area (Å²) in [5, 5.41) is 15.2. The van der Waals surface area contributed by atoms with Crippen LogP contribution in [0, 0.1) is 6.92 Å². The summed E-state index contributed by atoms with van der Waals surface area (Å²) < 4.78 is 0. The Morgan fingerprint density at radius 2 is 2.09 bits per heavy atom. The molecule has 2 rings (SSSR count). The number of carbonyl (C=O) groups excluding carboxylic acids is 1. The number of hydrogen-bond donors (Lipinski definition) is 3. The molecular formula is C16H22ClN3O3. The van der Waals surface area contributed by atoms with Crippen molar-refractivity contribution in [2.24, 2.45) is 0 Å². The summed E-state index contributed by atoms with van der Waals surface area (Å²) in [6.45, 7) is 4.58. The second-order valence-electron chi connectivity index (χ2n) is 5.84. The summed E-state index contributed by atoms with van der Waals surface area (Å²) in [6.07, 6.45) is 1.53. The molecule has 1 aromatic carbocycles. The molecule has 2 amide bonds. The molecule has 1 aromatic rings. The summed E-state index contributed by atoms with van der Waals surface area (Å²) in [4.78, 5) is 24.7. The first kappa shape index (κ1) is 17.6. The number of nitrogens with zero attached hydrogens (tertiary/aromatic N) is 1. The molecule has 0 radical (unpaired) electrons. The Kier molecular flexibility index (Phi) is 5.85. The van der Waals surface area contributed by atoms with Crippen LogP contribution in [0.2, 0.25) is 5.02 Å². The largest absolute Gasteiger partial charge is 0.480 e. The Morgan fingerprint density at radius 1 is 1.39 bits per heavy atom. The van der Waals surface area contributed by atoms with Gasteiger partial charge in [0.25, 0.3) is 0 Å². The fourth-order valence-electron chi connectivity index (χ4n) is 2.75. The predicted molar refractivity (Wildman–Crippen MR) is 90.0 cm³/mol. The first-order chi connectivity index (χ1) is 10.9.